The Kier molecular flexibility index (Phi) is 5.67. The fourth-order valence-electron chi connectivity index (χ4n) is 1.17. The predicted molar refractivity (Wildman–Crippen MR) is 67.6 cm³/mol. The molecule has 106 valence electrons. The molecule has 1 unspecified atom stereocenters. The van der Waals surface area contributed by atoms with Crippen LogP contribution in [0.1, 0.15) is 6.42 Å². The number of benzene rings is 1. The highest BCUT2D eigenvalue weighted by Gasteiger charge is 2.17. The summed E-state index contributed by atoms with van der Waals surface area (Å²) >= 11 is 5.35. The summed E-state index contributed by atoms with van der Waals surface area (Å²) in [6.45, 7) is -0.215. The molecule has 1 atom stereocenters. The first-order valence-electron chi connectivity index (χ1n) is 5.24. The number of rotatable bonds is 7. The van der Waals surface area contributed by atoms with Gasteiger partial charge in [-0.25, -0.2) is 0 Å². The van der Waals surface area contributed by atoms with Crippen LogP contribution in [-0.2, 0) is 14.3 Å². The van der Waals surface area contributed by atoms with Crippen LogP contribution in [0.25, 0.3) is 0 Å². The second-order valence-corrected chi connectivity index (χ2v) is 5.55. The van der Waals surface area contributed by atoms with E-state index in [9.17, 15) is 18.5 Å². The van der Waals surface area contributed by atoms with Gasteiger partial charge in [-0.15, -0.1) is 11.6 Å². The van der Waals surface area contributed by atoms with E-state index < -0.39 is 21.1 Å². The second-order valence-electron chi connectivity index (χ2n) is 3.62. The average Bonchev–Trinajstić information content (AvgIpc) is 2.38. The highest BCUT2D eigenvalue weighted by molar-refractivity contribution is 7.86. The van der Waals surface area contributed by atoms with Crippen LogP contribution in [0.4, 0.5) is 5.69 Å². The van der Waals surface area contributed by atoms with Crippen LogP contribution in [0.2, 0.25) is 0 Å². The van der Waals surface area contributed by atoms with E-state index in [2.05, 4.69) is 4.18 Å². The van der Waals surface area contributed by atoms with Gasteiger partial charge in [0.1, 0.15) is 0 Å². The minimum Gasteiger partial charge on any atom is -0.392 e. The number of nitro groups is 1. The smallest absolute Gasteiger partial charge is 0.296 e. The molecule has 0 amide bonds. The van der Waals surface area contributed by atoms with Gasteiger partial charge < -0.3 is 5.11 Å². The van der Waals surface area contributed by atoms with Gasteiger partial charge in [0.25, 0.3) is 15.8 Å². The fourth-order valence-corrected chi connectivity index (χ4v) is 2.25. The lowest BCUT2D eigenvalue weighted by Crippen LogP contribution is -2.15. The fraction of sp³-hybridized carbons (Fsp3) is 0.400. The Morgan fingerprint density at radius 2 is 1.95 bits per heavy atom. The first-order valence-corrected chi connectivity index (χ1v) is 7.19. The molecule has 0 radical (unpaired) electrons. The molecule has 1 N–H and O–H groups in total. The SMILES string of the molecule is O=[N+]([O-])c1ccc(S(=O)(=O)OCCC(O)CCl)cc1. The standard InChI is InChI=1S/C10H12ClNO6S/c11-7-9(13)5-6-18-19(16,17)10-3-1-8(2-4-10)12(14)15/h1-4,9,13H,5-7H2. The Morgan fingerprint density at radius 1 is 1.37 bits per heavy atom. The van der Waals surface area contributed by atoms with E-state index in [4.69, 9.17) is 16.7 Å². The van der Waals surface area contributed by atoms with E-state index in [1.807, 2.05) is 0 Å². The lowest BCUT2D eigenvalue weighted by atomic mass is 10.3. The van der Waals surface area contributed by atoms with Gasteiger partial charge in [0, 0.05) is 18.0 Å². The van der Waals surface area contributed by atoms with Crippen molar-refractivity contribution < 1.29 is 22.6 Å². The van der Waals surface area contributed by atoms with Crippen molar-refractivity contribution in [3.05, 3.63) is 34.4 Å². The van der Waals surface area contributed by atoms with Crippen LogP contribution in [-0.4, -0.2) is 37.0 Å². The number of nitro benzene ring substituents is 1. The molecule has 9 heteroatoms. The summed E-state index contributed by atoms with van der Waals surface area (Å²) in [5.41, 5.74) is -0.212. The van der Waals surface area contributed by atoms with Crippen molar-refractivity contribution in [2.45, 2.75) is 17.4 Å². The summed E-state index contributed by atoms with van der Waals surface area (Å²) in [5, 5.41) is 19.6. The molecule has 1 rings (SSSR count). The molecule has 0 aliphatic heterocycles. The van der Waals surface area contributed by atoms with Crippen molar-refractivity contribution in [2.75, 3.05) is 12.5 Å². The molecule has 0 saturated carbocycles. The van der Waals surface area contributed by atoms with E-state index in [1.165, 1.54) is 0 Å². The van der Waals surface area contributed by atoms with Gasteiger partial charge in [0.05, 0.1) is 22.5 Å². The van der Waals surface area contributed by atoms with Gasteiger partial charge in [0.2, 0.25) is 0 Å². The topological polar surface area (TPSA) is 107 Å². The minimum atomic E-state index is -3.98. The molecular formula is C10H12ClNO6S. The van der Waals surface area contributed by atoms with E-state index in [-0.39, 0.29) is 29.5 Å². The zero-order valence-corrected chi connectivity index (χ0v) is 11.3. The highest BCUT2D eigenvalue weighted by atomic mass is 35.5. The molecule has 1 aromatic carbocycles. The van der Waals surface area contributed by atoms with Crippen LogP contribution in [0.5, 0.6) is 0 Å². The van der Waals surface area contributed by atoms with Crippen molar-refractivity contribution >= 4 is 27.4 Å². The average molecular weight is 310 g/mol. The third-order valence-corrected chi connectivity index (χ3v) is 3.89. The van der Waals surface area contributed by atoms with Gasteiger partial charge in [-0.05, 0) is 18.6 Å². The molecule has 0 heterocycles. The lowest BCUT2D eigenvalue weighted by molar-refractivity contribution is -0.384. The van der Waals surface area contributed by atoms with Gasteiger partial charge in [-0.2, -0.15) is 8.42 Å². The lowest BCUT2D eigenvalue weighted by Gasteiger charge is -2.07. The van der Waals surface area contributed by atoms with Crippen molar-refractivity contribution in [1.82, 2.24) is 0 Å². The monoisotopic (exact) mass is 309 g/mol. The van der Waals surface area contributed by atoms with Crippen LogP contribution in [0.3, 0.4) is 0 Å². The number of halogens is 1. The van der Waals surface area contributed by atoms with Gasteiger partial charge in [-0.1, -0.05) is 0 Å². The number of alkyl halides is 1. The van der Waals surface area contributed by atoms with Crippen LogP contribution in [0, 0.1) is 10.1 Å². The molecule has 19 heavy (non-hydrogen) atoms. The first kappa shape index (κ1) is 15.8. The Bertz CT molecular complexity index is 529. The Hall–Kier alpha value is -1.22. The quantitative estimate of drug-likeness (QED) is 0.352. The maximum atomic E-state index is 11.7. The highest BCUT2D eigenvalue weighted by Crippen LogP contribution is 2.17. The van der Waals surface area contributed by atoms with Gasteiger partial charge in [0.15, 0.2) is 0 Å². The normalized spacial score (nSPS) is 13.2. The molecule has 7 nitrogen and oxygen atoms in total. The molecule has 0 aliphatic carbocycles. The predicted octanol–water partition coefficient (Wildman–Crippen LogP) is 1.29. The Labute approximate surface area is 115 Å². The third-order valence-electron chi connectivity index (χ3n) is 2.20. The third kappa shape index (κ3) is 4.75. The zero-order valence-electron chi connectivity index (χ0n) is 9.73. The Morgan fingerprint density at radius 3 is 2.42 bits per heavy atom. The summed E-state index contributed by atoms with van der Waals surface area (Å²) in [5.74, 6) is -0.0130. The largest absolute Gasteiger partial charge is 0.392 e. The molecule has 0 fully saturated rings. The molecular weight excluding hydrogens is 298 g/mol. The van der Waals surface area contributed by atoms with E-state index >= 15 is 0 Å². The summed E-state index contributed by atoms with van der Waals surface area (Å²) in [4.78, 5) is 9.61. The van der Waals surface area contributed by atoms with E-state index in [0.29, 0.717) is 0 Å². The van der Waals surface area contributed by atoms with Crippen LogP contribution >= 0.6 is 11.6 Å². The van der Waals surface area contributed by atoms with Gasteiger partial charge >= 0.3 is 0 Å². The maximum Gasteiger partial charge on any atom is 0.296 e. The Balaban J connectivity index is 2.69. The minimum absolute atomic E-state index is 0.0130. The molecule has 0 aliphatic rings. The number of aliphatic hydroxyl groups excluding tert-OH is 1. The van der Waals surface area contributed by atoms with Crippen molar-refractivity contribution in [3.63, 3.8) is 0 Å². The summed E-state index contributed by atoms with van der Waals surface area (Å²) in [6.07, 6.45) is -0.760. The van der Waals surface area contributed by atoms with Crippen molar-refractivity contribution in [2.24, 2.45) is 0 Å². The molecule has 0 saturated heterocycles. The zero-order chi connectivity index (χ0) is 14.5. The van der Waals surface area contributed by atoms with E-state index in [1.54, 1.807) is 0 Å². The molecule has 1 aromatic rings. The first-order chi connectivity index (χ1) is 8.86. The number of nitrogens with zero attached hydrogens (tertiary/aromatic N) is 1. The van der Waals surface area contributed by atoms with Crippen molar-refractivity contribution in [3.8, 4) is 0 Å². The maximum absolute atomic E-state index is 11.7. The number of aliphatic hydroxyl groups is 1. The van der Waals surface area contributed by atoms with Crippen LogP contribution in [0.15, 0.2) is 29.2 Å². The van der Waals surface area contributed by atoms with E-state index in [0.717, 1.165) is 24.3 Å². The summed E-state index contributed by atoms with van der Waals surface area (Å²) < 4.78 is 28.0. The molecule has 0 spiro atoms. The summed E-state index contributed by atoms with van der Waals surface area (Å²) in [6, 6.07) is 4.32. The molecule has 0 aromatic heterocycles. The van der Waals surface area contributed by atoms with Crippen LogP contribution < -0.4 is 0 Å². The second kappa shape index (κ2) is 6.80. The van der Waals surface area contributed by atoms with Gasteiger partial charge in [-0.3, -0.25) is 14.3 Å². The number of hydrogen-bond acceptors (Lipinski definition) is 6. The molecule has 0 bridgehead atoms. The number of non-ortho nitro benzene ring substituents is 1. The van der Waals surface area contributed by atoms with Crippen molar-refractivity contribution in [1.29, 1.82) is 0 Å². The summed E-state index contributed by atoms with van der Waals surface area (Å²) in [7, 11) is -3.98. The number of hydrogen-bond donors (Lipinski definition) is 1.